The third-order valence-electron chi connectivity index (χ3n) is 3.94. The summed E-state index contributed by atoms with van der Waals surface area (Å²) in [5.41, 5.74) is 0. The monoisotopic (exact) mass is 321 g/mol. The third kappa shape index (κ3) is 3.19. The van der Waals surface area contributed by atoms with Gasteiger partial charge in [0.15, 0.2) is 5.76 Å². The molecule has 7 heteroatoms. The minimum atomic E-state index is 0.127. The summed E-state index contributed by atoms with van der Waals surface area (Å²) in [5, 5.41) is 8.25. The van der Waals surface area contributed by atoms with Crippen molar-refractivity contribution in [2.45, 2.75) is 50.4 Å². The Morgan fingerprint density at radius 1 is 1.36 bits per heavy atom. The van der Waals surface area contributed by atoms with Gasteiger partial charge in [-0.25, -0.2) is 0 Å². The second kappa shape index (κ2) is 6.56. The number of carbonyl (C=O) groups excluding carboxylic acids is 1. The van der Waals surface area contributed by atoms with Crippen LogP contribution in [0.3, 0.4) is 0 Å². The van der Waals surface area contributed by atoms with E-state index in [1.165, 1.54) is 18.2 Å². The van der Waals surface area contributed by atoms with Gasteiger partial charge in [-0.2, -0.15) is 0 Å². The first-order valence-corrected chi connectivity index (χ1v) is 8.45. The average molecular weight is 321 g/mol. The van der Waals surface area contributed by atoms with Gasteiger partial charge in [0.05, 0.1) is 12.0 Å². The van der Waals surface area contributed by atoms with Gasteiger partial charge in [0.25, 0.3) is 11.1 Å². The van der Waals surface area contributed by atoms with Gasteiger partial charge < -0.3 is 13.7 Å². The number of aromatic nitrogens is 2. The van der Waals surface area contributed by atoms with Crippen LogP contribution < -0.4 is 0 Å². The zero-order valence-electron chi connectivity index (χ0n) is 12.7. The van der Waals surface area contributed by atoms with E-state index in [1.54, 1.807) is 18.4 Å². The first kappa shape index (κ1) is 15.1. The van der Waals surface area contributed by atoms with Crippen LogP contribution in [0.25, 0.3) is 11.7 Å². The Labute approximate surface area is 133 Å². The summed E-state index contributed by atoms with van der Waals surface area (Å²) in [6, 6.07) is 4.12. The van der Waals surface area contributed by atoms with Crippen molar-refractivity contribution in [3.63, 3.8) is 0 Å². The highest BCUT2D eigenvalue weighted by atomic mass is 32.2. The van der Waals surface area contributed by atoms with Crippen molar-refractivity contribution in [2.75, 3.05) is 5.75 Å². The molecule has 3 rings (SSSR count). The maximum Gasteiger partial charge on any atom is 0.284 e. The molecule has 1 amide bonds. The van der Waals surface area contributed by atoms with Crippen molar-refractivity contribution in [1.82, 2.24) is 15.1 Å². The van der Waals surface area contributed by atoms with Crippen LogP contribution in [0, 0.1) is 0 Å². The number of carbonyl (C=O) groups is 1. The molecule has 1 aliphatic heterocycles. The average Bonchev–Trinajstić information content (AvgIpc) is 3.16. The van der Waals surface area contributed by atoms with Gasteiger partial charge in [0, 0.05) is 12.1 Å². The van der Waals surface area contributed by atoms with E-state index in [2.05, 4.69) is 24.0 Å². The predicted octanol–water partition coefficient (Wildman–Crippen LogP) is 3.21. The molecule has 2 aromatic heterocycles. The fourth-order valence-corrected chi connectivity index (χ4v) is 3.51. The minimum Gasteiger partial charge on any atom is -0.459 e. The molecule has 0 saturated carbocycles. The number of hydrogen-bond acceptors (Lipinski definition) is 6. The summed E-state index contributed by atoms with van der Waals surface area (Å²) in [5.74, 6) is 1.31. The van der Waals surface area contributed by atoms with Gasteiger partial charge in [-0.3, -0.25) is 4.79 Å². The van der Waals surface area contributed by atoms with E-state index >= 15 is 0 Å². The molecule has 3 heterocycles. The molecule has 2 atom stereocenters. The van der Waals surface area contributed by atoms with Gasteiger partial charge in [0.1, 0.15) is 0 Å². The summed E-state index contributed by atoms with van der Waals surface area (Å²) in [6.07, 6.45) is 4.89. The molecule has 22 heavy (non-hydrogen) atoms. The standard InChI is InChI=1S/C15H19N3O3S/c1-10-5-3-6-11(2)18(10)13(19)9-22-15-17-16-14(21-15)12-7-4-8-20-12/h4,7-8,10-11H,3,5-6,9H2,1-2H3/t10-,11-/m1/s1. The smallest absolute Gasteiger partial charge is 0.284 e. The van der Waals surface area contributed by atoms with E-state index < -0.39 is 0 Å². The first-order chi connectivity index (χ1) is 10.6. The number of rotatable bonds is 4. The summed E-state index contributed by atoms with van der Waals surface area (Å²) in [6.45, 7) is 4.22. The van der Waals surface area contributed by atoms with Gasteiger partial charge in [-0.15, -0.1) is 10.2 Å². The Kier molecular flexibility index (Phi) is 4.52. The molecule has 1 saturated heterocycles. The Balaban J connectivity index is 1.59. The Hall–Kier alpha value is -1.76. The fraction of sp³-hybridized carbons (Fsp3) is 0.533. The maximum atomic E-state index is 12.4. The van der Waals surface area contributed by atoms with E-state index in [-0.39, 0.29) is 5.91 Å². The topological polar surface area (TPSA) is 72.4 Å². The van der Waals surface area contributed by atoms with Crippen molar-refractivity contribution in [3.05, 3.63) is 18.4 Å². The van der Waals surface area contributed by atoms with E-state index in [0.29, 0.717) is 34.7 Å². The van der Waals surface area contributed by atoms with Crippen LogP contribution in [0.4, 0.5) is 0 Å². The lowest BCUT2D eigenvalue weighted by atomic mass is 9.98. The molecule has 1 aliphatic rings. The van der Waals surface area contributed by atoms with E-state index in [4.69, 9.17) is 8.83 Å². The Morgan fingerprint density at radius 2 is 2.14 bits per heavy atom. The lowest BCUT2D eigenvalue weighted by Crippen LogP contribution is -2.48. The molecule has 2 aromatic rings. The lowest BCUT2D eigenvalue weighted by Gasteiger charge is -2.39. The number of hydrogen-bond donors (Lipinski definition) is 0. The maximum absolute atomic E-state index is 12.4. The van der Waals surface area contributed by atoms with Gasteiger partial charge in [-0.05, 0) is 45.2 Å². The second-order valence-corrected chi connectivity index (χ2v) is 6.50. The molecule has 0 N–H and O–H groups in total. The molecule has 0 unspecified atom stereocenters. The van der Waals surface area contributed by atoms with Crippen molar-refractivity contribution >= 4 is 17.7 Å². The molecule has 0 aromatic carbocycles. The van der Waals surface area contributed by atoms with Crippen molar-refractivity contribution in [2.24, 2.45) is 0 Å². The molecule has 0 spiro atoms. The number of likely N-dealkylation sites (tertiary alicyclic amines) is 1. The molecule has 6 nitrogen and oxygen atoms in total. The van der Waals surface area contributed by atoms with Crippen LogP contribution in [0.5, 0.6) is 0 Å². The van der Waals surface area contributed by atoms with E-state index in [9.17, 15) is 4.79 Å². The summed E-state index contributed by atoms with van der Waals surface area (Å²) < 4.78 is 10.7. The van der Waals surface area contributed by atoms with Crippen LogP contribution >= 0.6 is 11.8 Å². The van der Waals surface area contributed by atoms with Crippen LogP contribution in [0.2, 0.25) is 0 Å². The molecular weight excluding hydrogens is 302 g/mol. The van der Waals surface area contributed by atoms with Gasteiger partial charge >= 0.3 is 0 Å². The predicted molar refractivity (Wildman–Crippen MR) is 82.3 cm³/mol. The largest absolute Gasteiger partial charge is 0.459 e. The van der Waals surface area contributed by atoms with Crippen molar-refractivity contribution in [1.29, 1.82) is 0 Å². The lowest BCUT2D eigenvalue weighted by molar-refractivity contribution is -0.134. The van der Waals surface area contributed by atoms with Crippen LogP contribution in [-0.4, -0.2) is 38.8 Å². The van der Waals surface area contributed by atoms with Crippen molar-refractivity contribution in [3.8, 4) is 11.7 Å². The minimum absolute atomic E-state index is 0.127. The van der Waals surface area contributed by atoms with E-state index in [0.717, 1.165) is 12.8 Å². The van der Waals surface area contributed by atoms with Crippen LogP contribution in [0.15, 0.2) is 32.5 Å². The summed E-state index contributed by atoms with van der Waals surface area (Å²) >= 11 is 1.27. The summed E-state index contributed by atoms with van der Waals surface area (Å²) in [7, 11) is 0. The fourth-order valence-electron chi connectivity index (χ4n) is 2.88. The molecule has 118 valence electrons. The number of piperidine rings is 1. The van der Waals surface area contributed by atoms with Gasteiger partial charge in [-0.1, -0.05) is 11.8 Å². The highest BCUT2D eigenvalue weighted by Crippen LogP contribution is 2.26. The highest BCUT2D eigenvalue weighted by molar-refractivity contribution is 7.99. The van der Waals surface area contributed by atoms with Crippen LogP contribution in [0.1, 0.15) is 33.1 Å². The molecule has 0 bridgehead atoms. The number of furan rings is 1. The van der Waals surface area contributed by atoms with E-state index in [1.807, 2.05) is 4.90 Å². The number of thioether (sulfide) groups is 1. The normalized spacial score (nSPS) is 22.0. The molecule has 1 fully saturated rings. The third-order valence-corrected chi connectivity index (χ3v) is 4.74. The second-order valence-electron chi connectivity index (χ2n) is 5.57. The van der Waals surface area contributed by atoms with Crippen LogP contribution in [-0.2, 0) is 4.79 Å². The quantitative estimate of drug-likeness (QED) is 0.805. The number of amides is 1. The molecule has 0 aliphatic carbocycles. The van der Waals surface area contributed by atoms with Gasteiger partial charge in [0.2, 0.25) is 5.91 Å². The zero-order chi connectivity index (χ0) is 15.5. The first-order valence-electron chi connectivity index (χ1n) is 7.46. The SMILES string of the molecule is C[C@@H]1CCC[C@@H](C)N1C(=O)CSc1nnc(-c2ccco2)o1. The molecular formula is C15H19N3O3S. The molecule has 0 radical (unpaired) electrons. The van der Waals surface area contributed by atoms with Crippen molar-refractivity contribution < 1.29 is 13.6 Å². The number of nitrogens with zero attached hydrogens (tertiary/aromatic N) is 3. The highest BCUT2D eigenvalue weighted by Gasteiger charge is 2.29. The zero-order valence-corrected chi connectivity index (χ0v) is 13.5. The Bertz CT molecular complexity index is 616. The Morgan fingerprint density at radius 3 is 2.82 bits per heavy atom. The summed E-state index contributed by atoms with van der Waals surface area (Å²) in [4.78, 5) is 14.4.